The molecule has 1 atom stereocenters. The van der Waals surface area contributed by atoms with Crippen molar-refractivity contribution in [1.82, 2.24) is 15.2 Å². The highest BCUT2D eigenvalue weighted by Gasteiger charge is 2.28. The quantitative estimate of drug-likeness (QED) is 0.690. The number of rotatable bonds is 7. The van der Waals surface area contributed by atoms with E-state index in [2.05, 4.69) is 10.3 Å². The molecule has 3 rings (SSSR count). The van der Waals surface area contributed by atoms with Crippen molar-refractivity contribution in [2.45, 2.75) is 18.9 Å². The van der Waals surface area contributed by atoms with Crippen LogP contribution in [0, 0.1) is 5.92 Å². The van der Waals surface area contributed by atoms with Crippen LogP contribution in [0.5, 0.6) is 0 Å². The Morgan fingerprint density at radius 3 is 2.62 bits per heavy atom. The fourth-order valence-electron chi connectivity index (χ4n) is 3.50. The summed E-state index contributed by atoms with van der Waals surface area (Å²) >= 11 is 6.15. The zero-order valence-corrected chi connectivity index (χ0v) is 17.6. The van der Waals surface area contributed by atoms with Gasteiger partial charge in [-0.2, -0.15) is 0 Å². The summed E-state index contributed by atoms with van der Waals surface area (Å²) in [5.41, 5.74) is 1.61. The summed E-state index contributed by atoms with van der Waals surface area (Å²) in [5.74, 6) is -0.238. The molecule has 1 aromatic heterocycles. The largest absolute Gasteiger partial charge is 0.343 e. The molecule has 1 saturated heterocycles. The van der Waals surface area contributed by atoms with E-state index in [9.17, 15) is 13.2 Å². The van der Waals surface area contributed by atoms with E-state index >= 15 is 0 Å². The van der Waals surface area contributed by atoms with E-state index in [4.69, 9.17) is 16.7 Å². The fraction of sp³-hybridized carbons (Fsp3) is 0.400. The van der Waals surface area contributed by atoms with Gasteiger partial charge in [-0.25, -0.2) is 13.6 Å². The average molecular weight is 437 g/mol. The molecule has 0 bridgehead atoms. The first kappa shape index (κ1) is 21.7. The number of primary sulfonamides is 1. The number of benzene rings is 1. The molecule has 1 fully saturated rings. The molecule has 29 heavy (non-hydrogen) atoms. The fourth-order valence-corrected chi connectivity index (χ4v) is 4.21. The third-order valence-corrected chi connectivity index (χ3v) is 6.09. The second-order valence-electron chi connectivity index (χ2n) is 7.23. The van der Waals surface area contributed by atoms with Gasteiger partial charge < -0.3 is 10.2 Å². The van der Waals surface area contributed by atoms with Gasteiger partial charge >= 0.3 is 0 Å². The lowest BCUT2D eigenvalue weighted by atomic mass is 9.94. The lowest BCUT2D eigenvalue weighted by Gasteiger charge is -2.32. The molecule has 0 spiro atoms. The topological polar surface area (TPSA) is 105 Å². The monoisotopic (exact) mass is 436 g/mol. The molecule has 3 N–H and O–H groups in total. The molecule has 2 aromatic rings. The Kier molecular flexibility index (Phi) is 7.23. The molecule has 156 valence electrons. The molecular formula is C20H25ClN4O3S. The number of nitrogens with two attached hydrogens (primary N) is 1. The highest BCUT2D eigenvalue weighted by atomic mass is 35.5. The minimum absolute atomic E-state index is 0.0354. The number of carbonyl (C=O) groups is 1. The number of likely N-dealkylation sites (tertiary alicyclic amines) is 1. The summed E-state index contributed by atoms with van der Waals surface area (Å²) in [6.45, 7) is 1.73. The number of piperidine rings is 1. The Morgan fingerprint density at radius 2 is 2.00 bits per heavy atom. The second-order valence-corrected chi connectivity index (χ2v) is 9.40. The Morgan fingerprint density at radius 1 is 1.24 bits per heavy atom. The molecule has 1 aromatic carbocycles. The van der Waals surface area contributed by atoms with Crippen LogP contribution in [0.3, 0.4) is 0 Å². The van der Waals surface area contributed by atoms with Gasteiger partial charge in [-0.1, -0.05) is 29.8 Å². The highest BCUT2D eigenvalue weighted by molar-refractivity contribution is 7.89. The SMILES string of the molecule is NS(=O)(=O)CCN1CCC(C(=O)N[C@H](c2cccc(Cl)c2)c2ccccn2)CC1. The van der Waals surface area contributed by atoms with Gasteiger partial charge in [0.25, 0.3) is 0 Å². The molecule has 7 nitrogen and oxygen atoms in total. The predicted octanol–water partition coefficient (Wildman–Crippen LogP) is 1.94. The predicted molar refractivity (Wildman–Crippen MR) is 113 cm³/mol. The molecule has 0 radical (unpaired) electrons. The molecule has 1 amide bonds. The van der Waals surface area contributed by atoms with Gasteiger partial charge in [0.15, 0.2) is 0 Å². The number of hydrogen-bond donors (Lipinski definition) is 2. The maximum atomic E-state index is 13.0. The van der Waals surface area contributed by atoms with Crippen molar-refractivity contribution in [3.63, 3.8) is 0 Å². The first-order valence-electron chi connectivity index (χ1n) is 9.51. The molecule has 0 saturated carbocycles. The Hall–Kier alpha value is -2.00. The van der Waals surface area contributed by atoms with Crippen LogP contribution in [0.25, 0.3) is 0 Å². The van der Waals surface area contributed by atoms with E-state index in [0.717, 1.165) is 11.3 Å². The number of sulfonamides is 1. The van der Waals surface area contributed by atoms with E-state index in [-0.39, 0.29) is 23.6 Å². The highest BCUT2D eigenvalue weighted by Crippen LogP contribution is 2.25. The minimum Gasteiger partial charge on any atom is -0.343 e. The van der Waals surface area contributed by atoms with Crippen LogP contribution in [-0.2, 0) is 14.8 Å². The van der Waals surface area contributed by atoms with E-state index in [1.54, 1.807) is 12.3 Å². The molecule has 2 heterocycles. The molecular weight excluding hydrogens is 412 g/mol. The van der Waals surface area contributed by atoms with Gasteiger partial charge in [-0.3, -0.25) is 9.78 Å². The zero-order valence-electron chi connectivity index (χ0n) is 16.0. The van der Waals surface area contributed by atoms with Crippen LogP contribution in [0.4, 0.5) is 0 Å². The number of halogens is 1. The number of carbonyl (C=O) groups excluding carboxylic acids is 1. The lowest BCUT2D eigenvalue weighted by Crippen LogP contribution is -2.43. The number of nitrogens with one attached hydrogen (secondary N) is 1. The van der Waals surface area contributed by atoms with Gasteiger partial charge in [-0.15, -0.1) is 0 Å². The second kappa shape index (κ2) is 9.67. The van der Waals surface area contributed by atoms with Crippen LogP contribution in [0.1, 0.15) is 30.1 Å². The number of hydrogen-bond acceptors (Lipinski definition) is 5. The third-order valence-electron chi connectivity index (χ3n) is 5.10. The molecule has 0 aliphatic carbocycles. The van der Waals surface area contributed by atoms with Gasteiger partial charge in [0.05, 0.1) is 17.5 Å². The molecule has 0 unspecified atom stereocenters. The summed E-state index contributed by atoms with van der Waals surface area (Å²) in [6, 6.07) is 12.6. The van der Waals surface area contributed by atoms with E-state index in [1.807, 2.05) is 41.3 Å². The third kappa shape index (κ3) is 6.50. The van der Waals surface area contributed by atoms with Gasteiger partial charge in [-0.05, 0) is 55.8 Å². The van der Waals surface area contributed by atoms with Crippen LogP contribution >= 0.6 is 11.6 Å². The number of amides is 1. The first-order chi connectivity index (χ1) is 13.8. The van der Waals surface area contributed by atoms with Crippen molar-refractivity contribution < 1.29 is 13.2 Å². The standard InChI is InChI=1S/C20H25ClN4O3S/c21-17-5-3-4-16(14-17)19(18-6-1-2-9-23-18)24-20(26)15-7-10-25(11-8-15)12-13-29(22,27)28/h1-6,9,14-15,19H,7-8,10-13H2,(H,24,26)(H2,22,27,28)/t19-/m1/s1. The summed E-state index contributed by atoms with van der Waals surface area (Å²) in [6.07, 6.45) is 3.03. The van der Waals surface area contributed by atoms with E-state index in [1.165, 1.54) is 0 Å². The summed E-state index contributed by atoms with van der Waals surface area (Å²) in [5, 5.41) is 8.79. The molecule has 9 heteroatoms. The van der Waals surface area contributed by atoms with Crippen LogP contribution in [0.2, 0.25) is 5.02 Å². The summed E-state index contributed by atoms with van der Waals surface area (Å²) in [4.78, 5) is 19.4. The minimum atomic E-state index is -3.47. The molecule has 1 aliphatic rings. The van der Waals surface area contributed by atoms with Gasteiger partial charge in [0.2, 0.25) is 15.9 Å². The van der Waals surface area contributed by atoms with Crippen molar-refractivity contribution in [1.29, 1.82) is 0 Å². The van der Waals surface area contributed by atoms with Gasteiger partial charge in [0, 0.05) is 23.7 Å². The van der Waals surface area contributed by atoms with Crippen LogP contribution in [0.15, 0.2) is 48.7 Å². The number of pyridine rings is 1. The maximum absolute atomic E-state index is 13.0. The first-order valence-corrected chi connectivity index (χ1v) is 11.6. The Labute approximate surface area is 176 Å². The van der Waals surface area contributed by atoms with Crippen molar-refractivity contribution in [3.8, 4) is 0 Å². The van der Waals surface area contributed by atoms with Crippen molar-refractivity contribution in [3.05, 3.63) is 64.9 Å². The van der Waals surface area contributed by atoms with Crippen molar-refractivity contribution >= 4 is 27.5 Å². The Balaban J connectivity index is 1.65. The van der Waals surface area contributed by atoms with E-state index < -0.39 is 10.0 Å². The van der Waals surface area contributed by atoms with Crippen LogP contribution in [-0.4, -0.2) is 49.6 Å². The molecule has 1 aliphatic heterocycles. The van der Waals surface area contributed by atoms with Crippen LogP contribution < -0.4 is 10.5 Å². The van der Waals surface area contributed by atoms with Crippen molar-refractivity contribution in [2.24, 2.45) is 11.1 Å². The Bertz CT molecular complexity index is 932. The zero-order chi connectivity index (χ0) is 20.9. The normalized spacial score (nSPS) is 17.0. The maximum Gasteiger partial charge on any atom is 0.224 e. The average Bonchev–Trinajstić information content (AvgIpc) is 2.71. The number of aromatic nitrogens is 1. The lowest BCUT2D eigenvalue weighted by molar-refractivity contribution is -0.127. The van der Waals surface area contributed by atoms with Crippen molar-refractivity contribution in [2.75, 3.05) is 25.4 Å². The van der Waals surface area contributed by atoms with E-state index in [0.29, 0.717) is 37.5 Å². The van der Waals surface area contributed by atoms with Gasteiger partial charge in [0.1, 0.15) is 0 Å². The summed E-state index contributed by atoms with van der Waals surface area (Å²) in [7, 11) is -3.47. The number of nitrogens with zero attached hydrogens (tertiary/aromatic N) is 2. The summed E-state index contributed by atoms with van der Waals surface area (Å²) < 4.78 is 22.3. The smallest absolute Gasteiger partial charge is 0.224 e.